The van der Waals surface area contributed by atoms with Crippen molar-refractivity contribution in [3.8, 4) is 0 Å². The van der Waals surface area contributed by atoms with Gasteiger partial charge in [-0.2, -0.15) is 0 Å². The Bertz CT molecular complexity index is 1400. The Morgan fingerprint density at radius 2 is 0.489 bits per heavy atom. The number of benzene rings is 4. The van der Waals surface area contributed by atoms with E-state index in [0.29, 0.717) is 0 Å². The van der Waals surface area contributed by atoms with Crippen molar-refractivity contribution in [1.82, 2.24) is 0 Å². The molecule has 0 fully saturated rings. The molecule has 4 aromatic rings. The molecule has 0 radical (unpaired) electrons. The number of hydrogen-bond acceptors (Lipinski definition) is 4. The van der Waals surface area contributed by atoms with Crippen molar-refractivity contribution in [2.45, 2.75) is 105 Å². The van der Waals surface area contributed by atoms with Gasteiger partial charge in [-0.1, -0.05) is 132 Å². The van der Waals surface area contributed by atoms with Gasteiger partial charge in [-0.05, 0) is 92.4 Å². The summed E-state index contributed by atoms with van der Waals surface area (Å²) in [6.45, 7) is 27.2. The molecule has 0 aliphatic heterocycles. The maximum atomic E-state index is 8.52. The minimum absolute atomic E-state index is 0.0703. The van der Waals surface area contributed by atoms with Crippen LogP contribution in [-0.4, -0.2) is 17.5 Å². The molecular weight excluding hydrogens is 830 g/mol. The third-order valence-electron chi connectivity index (χ3n) is 7.28. The number of rotatable bonds is 4. The molecule has 0 unspecified atom stereocenters. The SMILES string of the molecule is CC(C)(C)c1ccc([I+]c2ccc(C(C)(C)C)cc2)cc1.CC(C)(C)c1ccc([I+]c2ccc(C(C)(C)C)cc2)cc1.O=S(=O)([O-])[O-]. The third kappa shape index (κ3) is 16.0. The molecule has 0 N–H and O–H groups in total. The summed E-state index contributed by atoms with van der Waals surface area (Å²) in [4.78, 5) is 0. The normalized spacial score (nSPS) is 12.4. The van der Waals surface area contributed by atoms with Crippen LogP contribution >= 0.6 is 0 Å². The van der Waals surface area contributed by atoms with Gasteiger partial charge in [0, 0.05) is 10.4 Å². The van der Waals surface area contributed by atoms with Crippen LogP contribution in [0.2, 0.25) is 0 Å². The second-order valence-electron chi connectivity index (χ2n) is 15.6. The molecule has 0 aliphatic carbocycles. The van der Waals surface area contributed by atoms with Crippen LogP contribution in [0.4, 0.5) is 0 Å². The van der Waals surface area contributed by atoms with Crippen LogP contribution in [0.25, 0.3) is 0 Å². The molecule has 7 heteroatoms. The first kappa shape index (κ1) is 41.4. The van der Waals surface area contributed by atoms with Crippen LogP contribution < -0.4 is 42.4 Å². The Kier molecular flexibility index (Phi) is 14.7. The summed E-state index contributed by atoms with van der Waals surface area (Å²) < 4.78 is 40.0. The van der Waals surface area contributed by atoms with Crippen molar-refractivity contribution in [3.63, 3.8) is 0 Å². The van der Waals surface area contributed by atoms with E-state index in [-0.39, 0.29) is 64.1 Å². The number of halogens is 2. The van der Waals surface area contributed by atoms with Gasteiger partial charge in [0.2, 0.25) is 0 Å². The smallest absolute Gasteiger partial charge is 0.357 e. The zero-order valence-electron chi connectivity index (χ0n) is 30.0. The molecule has 0 heterocycles. The zero-order valence-corrected chi connectivity index (χ0v) is 35.2. The molecule has 47 heavy (non-hydrogen) atoms. The van der Waals surface area contributed by atoms with Gasteiger partial charge in [0.15, 0.2) is 14.3 Å². The van der Waals surface area contributed by atoms with Gasteiger partial charge in [0.05, 0.1) is 0 Å². The molecule has 0 spiro atoms. The fourth-order valence-electron chi connectivity index (χ4n) is 4.30. The predicted molar refractivity (Wildman–Crippen MR) is 186 cm³/mol. The van der Waals surface area contributed by atoms with E-state index >= 15 is 0 Å². The molecule has 4 aromatic carbocycles. The van der Waals surface area contributed by atoms with Crippen molar-refractivity contribution in [3.05, 3.63) is 134 Å². The third-order valence-corrected chi connectivity index (χ3v) is 12.6. The van der Waals surface area contributed by atoms with E-state index in [1.54, 1.807) is 0 Å². The summed E-state index contributed by atoms with van der Waals surface area (Å²) in [5.74, 6) is 0. The Morgan fingerprint density at radius 3 is 0.596 bits per heavy atom. The van der Waals surface area contributed by atoms with Crippen LogP contribution in [0.15, 0.2) is 97.1 Å². The van der Waals surface area contributed by atoms with Crippen molar-refractivity contribution in [1.29, 1.82) is 0 Å². The average Bonchev–Trinajstić information content (AvgIpc) is 2.92. The molecule has 0 saturated carbocycles. The van der Waals surface area contributed by atoms with Crippen molar-refractivity contribution in [2.24, 2.45) is 0 Å². The first-order valence-electron chi connectivity index (χ1n) is 15.7. The quantitative estimate of drug-likeness (QED) is 0.179. The van der Waals surface area contributed by atoms with Crippen LogP contribution in [0.3, 0.4) is 0 Å². The lowest BCUT2D eigenvalue weighted by Gasteiger charge is -2.18. The zero-order chi connectivity index (χ0) is 35.8. The maximum absolute atomic E-state index is 8.52. The van der Waals surface area contributed by atoms with E-state index in [1.807, 2.05) is 0 Å². The highest BCUT2D eigenvalue weighted by molar-refractivity contribution is 7.79. The monoisotopic (exact) mass is 882 g/mol. The van der Waals surface area contributed by atoms with Gasteiger partial charge in [-0.15, -0.1) is 0 Å². The van der Waals surface area contributed by atoms with Gasteiger partial charge >= 0.3 is 42.4 Å². The Balaban J connectivity index is 0.000000286. The van der Waals surface area contributed by atoms with Crippen LogP contribution in [-0.2, 0) is 32.1 Å². The average molecular weight is 883 g/mol. The van der Waals surface area contributed by atoms with Crippen molar-refractivity contribution in [2.75, 3.05) is 0 Å². The standard InChI is InChI=1S/2C20H26I.H2O4S/c2*1-19(2,3)15-7-11-17(12-8-15)21-18-13-9-16(10-14-18)20(4,5)6;1-5(2,3)4/h2*7-14H,1-6H3;(H2,1,2,3,4)/q2*+1;/p-2. The lowest BCUT2D eigenvalue weighted by molar-refractivity contribution is -0.597. The molecule has 256 valence electrons. The Hall–Kier alpha value is -1.79. The lowest BCUT2D eigenvalue weighted by atomic mass is 9.87. The second kappa shape index (κ2) is 16.7. The first-order chi connectivity index (χ1) is 21.3. The van der Waals surface area contributed by atoms with E-state index in [9.17, 15) is 0 Å². The van der Waals surface area contributed by atoms with Gasteiger partial charge < -0.3 is 9.11 Å². The summed E-state index contributed by atoms with van der Waals surface area (Å²) >= 11 is -0.141. The van der Waals surface area contributed by atoms with Gasteiger partial charge in [0.1, 0.15) is 0 Å². The van der Waals surface area contributed by atoms with Gasteiger partial charge in [-0.3, -0.25) is 8.42 Å². The molecule has 0 amide bonds. The van der Waals surface area contributed by atoms with E-state index in [1.165, 1.54) is 36.5 Å². The van der Waals surface area contributed by atoms with E-state index < -0.39 is 10.4 Å². The van der Waals surface area contributed by atoms with E-state index in [0.717, 1.165) is 0 Å². The first-order valence-corrected chi connectivity index (χ1v) is 21.4. The van der Waals surface area contributed by atoms with E-state index in [2.05, 4.69) is 180 Å². The molecule has 0 saturated heterocycles. The van der Waals surface area contributed by atoms with Gasteiger partial charge in [-0.25, -0.2) is 0 Å². The lowest BCUT2D eigenvalue weighted by Crippen LogP contribution is -3.61. The molecule has 0 aliphatic rings. The summed E-state index contributed by atoms with van der Waals surface area (Å²) in [5, 5.41) is 0. The topological polar surface area (TPSA) is 80.3 Å². The highest BCUT2D eigenvalue weighted by Gasteiger charge is 2.21. The summed E-state index contributed by atoms with van der Waals surface area (Å²) in [6.07, 6.45) is 0. The maximum Gasteiger partial charge on any atom is 0.357 e. The number of hydrogen-bond donors (Lipinski definition) is 0. The molecule has 0 aromatic heterocycles. The van der Waals surface area contributed by atoms with Gasteiger partial charge in [0.25, 0.3) is 0 Å². The van der Waals surface area contributed by atoms with Crippen LogP contribution in [0.1, 0.15) is 105 Å². The minimum Gasteiger partial charge on any atom is -0.759 e. The van der Waals surface area contributed by atoms with Crippen LogP contribution in [0.5, 0.6) is 0 Å². The second-order valence-corrected chi connectivity index (χ2v) is 22.5. The van der Waals surface area contributed by atoms with Crippen molar-refractivity contribution >= 4 is 10.4 Å². The minimum atomic E-state index is -5.17. The van der Waals surface area contributed by atoms with Crippen LogP contribution in [0, 0.1) is 14.3 Å². The highest BCUT2D eigenvalue weighted by atomic mass is 127. The summed E-state index contributed by atoms with van der Waals surface area (Å²) in [7, 11) is -5.17. The summed E-state index contributed by atoms with van der Waals surface area (Å²) in [6, 6.07) is 36.8. The van der Waals surface area contributed by atoms with Crippen molar-refractivity contribution < 1.29 is 59.9 Å². The Morgan fingerprint density at radius 1 is 0.362 bits per heavy atom. The van der Waals surface area contributed by atoms with E-state index in [4.69, 9.17) is 17.5 Å². The largest absolute Gasteiger partial charge is 0.759 e. The summed E-state index contributed by atoms with van der Waals surface area (Å²) in [5.41, 5.74) is 6.63. The molecule has 0 atom stereocenters. The molecular formula is C40H52I2O4S. The predicted octanol–water partition coefficient (Wildman–Crippen LogP) is 3.48. The highest BCUT2D eigenvalue weighted by Crippen LogP contribution is 2.23. The fourth-order valence-corrected chi connectivity index (χ4v) is 8.62. The fraction of sp³-hybridized carbons (Fsp3) is 0.400. The molecule has 4 rings (SSSR count). The molecule has 0 bridgehead atoms. The molecule has 4 nitrogen and oxygen atoms in total. The Labute approximate surface area is 306 Å².